The molecule has 10 nitrogen and oxygen atoms in total. The lowest BCUT2D eigenvalue weighted by molar-refractivity contribution is 0.168. The van der Waals surface area contributed by atoms with Gasteiger partial charge < -0.3 is 28.8 Å². The molecule has 222 valence electrons. The molecule has 0 atom stereocenters. The van der Waals surface area contributed by atoms with Crippen LogP contribution in [0.15, 0.2) is 78.9 Å². The number of carbonyl (C=O) groups is 1. The van der Waals surface area contributed by atoms with Crippen molar-refractivity contribution in [3.63, 3.8) is 0 Å². The average Bonchev–Trinajstić information content (AvgIpc) is 3.47. The Labute approximate surface area is 250 Å². The number of ether oxygens (including phenoxy) is 4. The third-order valence-corrected chi connectivity index (χ3v) is 6.92. The Kier molecular flexibility index (Phi) is 9.26. The van der Waals surface area contributed by atoms with Gasteiger partial charge in [0.2, 0.25) is 5.75 Å². The van der Waals surface area contributed by atoms with Gasteiger partial charge in [-0.15, -0.1) is 0 Å². The number of fused-ring (bicyclic) bond motifs is 1. The van der Waals surface area contributed by atoms with Crippen LogP contribution in [0.3, 0.4) is 0 Å². The van der Waals surface area contributed by atoms with Crippen LogP contribution in [0.5, 0.6) is 17.2 Å². The molecule has 0 aliphatic heterocycles. The van der Waals surface area contributed by atoms with Crippen LogP contribution in [-0.2, 0) is 17.7 Å². The fourth-order valence-corrected chi connectivity index (χ4v) is 4.88. The third-order valence-electron chi connectivity index (χ3n) is 6.92. The fourth-order valence-electron chi connectivity index (χ4n) is 4.88. The normalized spacial score (nSPS) is 10.8. The Morgan fingerprint density at radius 1 is 0.860 bits per heavy atom. The van der Waals surface area contributed by atoms with Gasteiger partial charge in [0.15, 0.2) is 17.3 Å². The molecule has 0 aliphatic rings. The van der Waals surface area contributed by atoms with Gasteiger partial charge in [-0.25, -0.2) is 14.8 Å². The summed E-state index contributed by atoms with van der Waals surface area (Å²) in [5.41, 5.74) is 4.41. The lowest BCUT2D eigenvalue weighted by Gasteiger charge is -2.25. The first-order valence-electron chi connectivity index (χ1n) is 14.0. The van der Waals surface area contributed by atoms with Gasteiger partial charge in [-0.3, -0.25) is 5.32 Å². The van der Waals surface area contributed by atoms with Crippen molar-refractivity contribution >= 4 is 28.8 Å². The predicted octanol–water partition coefficient (Wildman–Crippen LogP) is 6.47. The summed E-state index contributed by atoms with van der Waals surface area (Å²) in [7, 11) is 4.71. The molecule has 3 aromatic carbocycles. The summed E-state index contributed by atoms with van der Waals surface area (Å²) in [6, 6.07) is 25.9. The van der Waals surface area contributed by atoms with E-state index < -0.39 is 6.09 Å². The Morgan fingerprint density at radius 3 is 2.12 bits per heavy atom. The highest BCUT2D eigenvalue weighted by Gasteiger charge is 2.21. The van der Waals surface area contributed by atoms with Crippen molar-refractivity contribution in [2.45, 2.75) is 19.9 Å². The summed E-state index contributed by atoms with van der Waals surface area (Å²) in [6.45, 7) is 3.25. The van der Waals surface area contributed by atoms with Crippen LogP contribution in [0.1, 0.15) is 18.1 Å². The standard InChI is InChI=1S/C33H35N5O5/c1-5-43-33(39)36-28-20-25-29(37-31(34-25)24-18-26(40-2)30(42-4)27(19-24)41-3)32(35-28)38(21-23-14-10-7-11-15-23)17-16-22-12-8-6-9-13-22/h6-15,18-20H,5,16-17,21H2,1-4H3,(H,34,37)(H,35,36,39). The van der Waals surface area contributed by atoms with E-state index in [0.29, 0.717) is 58.8 Å². The van der Waals surface area contributed by atoms with Crippen molar-refractivity contribution in [3.8, 4) is 28.6 Å². The van der Waals surface area contributed by atoms with Gasteiger partial charge in [-0.05, 0) is 36.6 Å². The highest BCUT2D eigenvalue weighted by Crippen LogP contribution is 2.41. The molecule has 0 bridgehead atoms. The molecule has 0 aliphatic carbocycles. The van der Waals surface area contributed by atoms with Gasteiger partial charge in [-0.2, -0.15) is 0 Å². The molecule has 43 heavy (non-hydrogen) atoms. The number of hydrogen-bond donors (Lipinski definition) is 2. The Hall–Kier alpha value is -5.25. The van der Waals surface area contributed by atoms with Crippen LogP contribution in [0.2, 0.25) is 0 Å². The molecule has 0 saturated carbocycles. The molecule has 0 radical (unpaired) electrons. The lowest BCUT2D eigenvalue weighted by Crippen LogP contribution is -2.27. The fraction of sp³-hybridized carbons (Fsp3) is 0.242. The van der Waals surface area contributed by atoms with E-state index in [0.717, 1.165) is 17.5 Å². The minimum absolute atomic E-state index is 0.244. The Bertz CT molecular complexity index is 1650. The van der Waals surface area contributed by atoms with Crippen LogP contribution in [0.4, 0.5) is 16.4 Å². The van der Waals surface area contributed by atoms with Gasteiger partial charge in [0.05, 0.1) is 33.5 Å². The summed E-state index contributed by atoms with van der Waals surface area (Å²) in [5.74, 6) is 3.05. The number of nitrogens with one attached hydrogen (secondary N) is 2. The number of anilines is 2. The van der Waals surface area contributed by atoms with Crippen molar-refractivity contribution < 1.29 is 23.7 Å². The van der Waals surface area contributed by atoms with Crippen molar-refractivity contribution in [1.82, 2.24) is 15.0 Å². The van der Waals surface area contributed by atoms with Gasteiger partial charge in [0.1, 0.15) is 17.2 Å². The number of aromatic amines is 1. The number of benzene rings is 3. The van der Waals surface area contributed by atoms with Gasteiger partial charge >= 0.3 is 6.09 Å². The zero-order chi connectivity index (χ0) is 30.2. The number of H-pyrrole nitrogens is 1. The Morgan fingerprint density at radius 2 is 1.51 bits per heavy atom. The number of rotatable bonds is 12. The van der Waals surface area contributed by atoms with Gasteiger partial charge in [0, 0.05) is 24.7 Å². The number of hydrogen-bond acceptors (Lipinski definition) is 8. The number of nitrogens with zero attached hydrogens (tertiary/aromatic N) is 3. The average molecular weight is 582 g/mol. The SMILES string of the molecule is CCOC(=O)Nc1cc2[nH]c(-c3cc(OC)c(OC)c(OC)c3)nc2c(N(CCc2ccccc2)Cc2ccccc2)n1. The van der Waals surface area contributed by atoms with Crippen LogP contribution in [0, 0.1) is 0 Å². The molecule has 2 N–H and O–H groups in total. The van der Waals surface area contributed by atoms with E-state index in [-0.39, 0.29) is 6.61 Å². The second kappa shape index (κ2) is 13.6. The monoisotopic (exact) mass is 581 g/mol. The smallest absolute Gasteiger partial charge is 0.412 e. The van der Waals surface area contributed by atoms with Crippen molar-refractivity contribution in [2.24, 2.45) is 0 Å². The molecule has 10 heteroatoms. The maximum atomic E-state index is 12.4. The molecular weight excluding hydrogens is 546 g/mol. The maximum Gasteiger partial charge on any atom is 0.412 e. The molecule has 5 aromatic rings. The molecule has 5 rings (SSSR count). The molecule has 0 unspecified atom stereocenters. The predicted molar refractivity (Wildman–Crippen MR) is 167 cm³/mol. The first kappa shape index (κ1) is 29.2. The highest BCUT2D eigenvalue weighted by molar-refractivity contribution is 5.94. The Balaban J connectivity index is 1.64. The van der Waals surface area contributed by atoms with Crippen LogP contribution in [0.25, 0.3) is 22.4 Å². The first-order valence-corrected chi connectivity index (χ1v) is 14.0. The number of aromatic nitrogens is 3. The first-order chi connectivity index (χ1) is 21.0. The molecule has 2 aromatic heterocycles. The summed E-state index contributed by atoms with van der Waals surface area (Å²) in [5, 5.41) is 2.77. The number of pyridine rings is 1. The van der Waals surface area contributed by atoms with E-state index in [4.69, 9.17) is 28.9 Å². The molecule has 0 spiro atoms. The van der Waals surface area contributed by atoms with Gasteiger partial charge in [0.25, 0.3) is 0 Å². The van der Waals surface area contributed by atoms with E-state index in [2.05, 4.69) is 39.5 Å². The quantitative estimate of drug-likeness (QED) is 0.173. The summed E-state index contributed by atoms with van der Waals surface area (Å²) in [4.78, 5) is 27.9. The maximum absolute atomic E-state index is 12.4. The van der Waals surface area contributed by atoms with Crippen LogP contribution >= 0.6 is 0 Å². The van der Waals surface area contributed by atoms with Crippen molar-refractivity contribution in [1.29, 1.82) is 0 Å². The molecule has 2 heterocycles. The number of imidazole rings is 1. The summed E-state index contributed by atoms with van der Waals surface area (Å²) >= 11 is 0. The second-order valence-corrected chi connectivity index (χ2v) is 9.71. The van der Waals surface area contributed by atoms with Crippen molar-refractivity contribution in [3.05, 3.63) is 90.0 Å². The van der Waals surface area contributed by atoms with E-state index in [1.807, 2.05) is 48.5 Å². The number of methoxy groups -OCH3 is 3. The van der Waals surface area contributed by atoms with E-state index >= 15 is 0 Å². The van der Waals surface area contributed by atoms with Crippen LogP contribution in [-0.4, -0.2) is 55.5 Å². The van der Waals surface area contributed by atoms with E-state index in [9.17, 15) is 4.79 Å². The minimum atomic E-state index is -0.580. The largest absolute Gasteiger partial charge is 0.493 e. The molecular formula is C33H35N5O5. The third kappa shape index (κ3) is 6.81. The zero-order valence-corrected chi connectivity index (χ0v) is 24.7. The molecule has 0 saturated heterocycles. The summed E-state index contributed by atoms with van der Waals surface area (Å²) in [6.07, 6.45) is 0.208. The topological polar surface area (TPSA) is 111 Å². The number of carbonyl (C=O) groups excluding carboxylic acids is 1. The zero-order valence-electron chi connectivity index (χ0n) is 24.7. The van der Waals surface area contributed by atoms with Gasteiger partial charge in [-0.1, -0.05) is 60.7 Å². The highest BCUT2D eigenvalue weighted by atomic mass is 16.5. The van der Waals surface area contributed by atoms with Crippen LogP contribution < -0.4 is 24.4 Å². The van der Waals surface area contributed by atoms with E-state index in [1.54, 1.807) is 34.3 Å². The number of amides is 1. The van der Waals surface area contributed by atoms with Crippen molar-refractivity contribution in [2.75, 3.05) is 44.7 Å². The second-order valence-electron chi connectivity index (χ2n) is 9.71. The van der Waals surface area contributed by atoms with E-state index in [1.165, 1.54) is 5.56 Å². The minimum Gasteiger partial charge on any atom is -0.493 e. The summed E-state index contributed by atoms with van der Waals surface area (Å²) < 4.78 is 21.8. The molecule has 0 fully saturated rings. The molecule has 1 amide bonds. The lowest BCUT2D eigenvalue weighted by atomic mass is 10.1.